The van der Waals surface area contributed by atoms with Crippen LogP contribution in [0.2, 0.25) is 5.02 Å². The number of ether oxygens (including phenoxy) is 1. The molecular weight excluding hydrogens is 442 g/mol. The molecule has 1 fully saturated rings. The molecule has 0 atom stereocenters. The minimum Gasteiger partial charge on any atom is -0.465 e. The van der Waals surface area contributed by atoms with E-state index in [1.165, 1.54) is 11.7 Å². The molecule has 0 saturated heterocycles. The number of pyridine rings is 1. The van der Waals surface area contributed by atoms with Crippen LogP contribution in [0.15, 0.2) is 70.3 Å². The van der Waals surface area contributed by atoms with Crippen molar-refractivity contribution in [2.75, 3.05) is 7.11 Å². The number of hydrogen-bond acceptors (Lipinski definition) is 5. The maximum absolute atomic E-state index is 13.7. The number of benzene rings is 2. The van der Waals surface area contributed by atoms with Gasteiger partial charge in [-0.05, 0) is 48.7 Å². The second-order valence-corrected chi connectivity index (χ2v) is 8.47. The third-order valence-corrected chi connectivity index (χ3v) is 6.03. The van der Waals surface area contributed by atoms with Crippen molar-refractivity contribution in [1.82, 2.24) is 14.1 Å². The molecule has 0 N–H and O–H groups in total. The lowest BCUT2D eigenvalue weighted by atomic mass is 10.1. The van der Waals surface area contributed by atoms with Crippen molar-refractivity contribution in [2.24, 2.45) is 0 Å². The normalized spacial score (nSPS) is 13.3. The van der Waals surface area contributed by atoms with Gasteiger partial charge in [0.1, 0.15) is 0 Å². The summed E-state index contributed by atoms with van der Waals surface area (Å²) in [5, 5.41) is 0.611. The Hall–Kier alpha value is -3.71. The van der Waals surface area contributed by atoms with Crippen LogP contribution in [0.4, 0.5) is 0 Å². The third kappa shape index (κ3) is 3.85. The Morgan fingerprint density at radius 1 is 1.09 bits per heavy atom. The first-order valence-corrected chi connectivity index (χ1v) is 10.9. The minimum absolute atomic E-state index is 0.0165. The Morgan fingerprint density at radius 2 is 1.79 bits per heavy atom. The quantitative estimate of drug-likeness (QED) is 0.421. The Bertz CT molecular complexity index is 1490. The van der Waals surface area contributed by atoms with Gasteiger partial charge in [-0.2, -0.15) is 0 Å². The topological polar surface area (TPSA) is 83.2 Å². The van der Waals surface area contributed by atoms with Crippen molar-refractivity contribution in [1.29, 1.82) is 0 Å². The fourth-order valence-electron chi connectivity index (χ4n) is 3.94. The van der Waals surface area contributed by atoms with Gasteiger partial charge < -0.3 is 4.74 Å². The first-order chi connectivity index (χ1) is 16.0. The maximum atomic E-state index is 13.7. The molecule has 2 aromatic carbocycles. The highest BCUT2D eigenvalue weighted by atomic mass is 35.5. The number of carbonyl (C=O) groups excluding carboxylic acids is 1. The van der Waals surface area contributed by atoms with Crippen LogP contribution >= 0.6 is 11.6 Å². The van der Waals surface area contributed by atoms with Gasteiger partial charge in [-0.25, -0.2) is 19.1 Å². The van der Waals surface area contributed by atoms with Gasteiger partial charge in [0.25, 0.3) is 5.56 Å². The summed E-state index contributed by atoms with van der Waals surface area (Å²) in [7, 11) is 1.27. The van der Waals surface area contributed by atoms with Crippen LogP contribution < -0.4 is 11.2 Å². The summed E-state index contributed by atoms with van der Waals surface area (Å²) in [6.45, 7) is 0.0165. The predicted molar refractivity (Wildman–Crippen MR) is 125 cm³/mol. The molecule has 4 aromatic rings. The second-order valence-electron chi connectivity index (χ2n) is 8.03. The zero-order chi connectivity index (χ0) is 23.1. The van der Waals surface area contributed by atoms with Crippen LogP contribution in [-0.4, -0.2) is 27.2 Å². The maximum Gasteiger partial charge on any atom is 0.338 e. The standard InChI is InChI=1S/C25H20ClN3O4/c1-33-24(31)19-13-20(16-9-10-16)27-22-21(19)23(30)28(14-15-7-11-17(26)12-8-15)25(32)29(22)18-5-3-2-4-6-18/h2-8,11-13,16H,9-10,14H2,1H3. The summed E-state index contributed by atoms with van der Waals surface area (Å²) in [6.07, 6.45) is 1.89. The van der Waals surface area contributed by atoms with E-state index < -0.39 is 17.2 Å². The average Bonchev–Trinajstić information content (AvgIpc) is 3.68. The minimum atomic E-state index is -0.641. The van der Waals surface area contributed by atoms with Gasteiger partial charge in [0.2, 0.25) is 0 Å². The molecule has 0 radical (unpaired) electrons. The lowest BCUT2D eigenvalue weighted by Gasteiger charge is -2.16. The highest BCUT2D eigenvalue weighted by Crippen LogP contribution is 2.40. The van der Waals surface area contributed by atoms with E-state index in [-0.39, 0.29) is 29.1 Å². The van der Waals surface area contributed by atoms with E-state index in [9.17, 15) is 14.4 Å². The van der Waals surface area contributed by atoms with Gasteiger partial charge in [0.05, 0.1) is 30.3 Å². The Morgan fingerprint density at radius 3 is 2.42 bits per heavy atom. The molecule has 0 aliphatic heterocycles. The van der Waals surface area contributed by atoms with E-state index in [0.29, 0.717) is 16.4 Å². The smallest absolute Gasteiger partial charge is 0.338 e. The molecule has 8 heteroatoms. The van der Waals surface area contributed by atoms with Crippen molar-refractivity contribution in [3.8, 4) is 5.69 Å². The Kier molecular flexibility index (Phi) is 5.34. The summed E-state index contributed by atoms with van der Waals surface area (Å²) in [5.74, 6) is -0.439. The molecule has 7 nitrogen and oxygen atoms in total. The van der Waals surface area contributed by atoms with Gasteiger partial charge >= 0.3 is 11.7 Å². The van der Waals surface area contributed by atoms with Crippen LogP contribution in [0.25, 0.3) is 16.7 Å². The number of para-hydroxylation sites is 1. The molecule has 1 aliphatic rings. The molecular formula is C25H20ClN3O4. The van der Waals surface area contributed by atoms with E-state index in [1.807, 2.05) is 6.07 Å². The fourth-order valence-corrected chi connectivity index (χ4v) is 4.06. The average molecular weight is 462 g/mol. The van der Waals surface area contributed by atoms with Crippen LogP contribution in [0, 0.1) is 0 Å². The van der Waals surface area contributed by atoms with Crippen molar-refractivity contribution in [3.05, 3.63) is 103 Å². The van der Waals surface area contributed by atoms with Crippen LogP contribution in [0.5, 0.6) is 0 Å². The first kappa shape index (κ1) is 21.2. The number of esters is 1. The summed E-state index contributed by atoms with van der Waals surface area (Å²) in [6, 6.07) is 17.5. The summed E-state index contributed by atoms with van der Waals surface area (Å²) < 4.78 is 7.49. The number of carbonyl (C=O) groups is 1. The van der Waals surface area contributed by atoms with E-state index in [1.54, 1.807) is 54.6 Å². The molecule has 2 heterocycles. The fraction of sp³-hybridized carbons (Fsp3) is 0.200. The van der Waals surface area contributed by atoms with Crippen molar-refractivity contribution >= 4 is 28.6 Å². The molecule has 2 aromatic heterocycles. The zero-order valence-electron chi connectivity index (χ0n) is 17.8. The predicted octanol–water partition coefficient (Wildman–Crippen LogP) is 3.91. The zero-order valence-corrected chi connectivity index (χ0v) is 18.6. The van der Waals surface area contributed by atoms with Crippen LogP contribution in [0.1, 0.15) is 40.4 Å². The highest BCUT2D eigenvalue weighted by molar-refractivity contribution is 6.30. The molecule has 5 rings (SSSR count). The largest absolute Gasteiger partial charge is 0.465 e. The number of fused-ring (bicyclic) bond motifs is 1. The first-order valence-electron chi connectivity index (χ1n) is 10.6. The van der Waals surface area contributed by atoms with E-state index >= 15 is 0 Å². The Labute approximate surface area is 193 Å². The van der Waals surface area contributed by atoms with Gasteiger partial charge in [-0.3, -0.25) is 9.36 Å². The summed E-state index contributed by atoms with van der Waals surface area (Å²) in [5.41, 5.74) is 1.10. The summed E-state index contributed by atoms with van der Waals surface area (Å²) in [4.78, 5) is 44.7. The van der Waals surface area contributed by atoms with Crippen molar-refractivity contribution in [3.63, 3.8) is 0 Å². The second kappa shape index (κ2) is 8.33. The molecule has 0 amide bonds. The van der Waals surface area contributed by atoms with Crippen LogP contribution in [-0.2, 0) is 11.3 Å². The molecule has 0 spiro atoms. The van der Waals surface area contributed by atoms with Gasteiger partial charge in [0, 0.05) is 16.6 Å². The third-order valence-electron chi connectivity index (χ3n) is 5.78. The number of methoxy groups -OCH3 is 1. The van der Waals surface area contributed by atoms with Crippen molar-refractivity contribution < 1.29 is 9.53 Å². The summed E-state index contributed by atoms with van der Waals surface area (Å²) >= 11 is 5.98. The molecule has 0 bridgehead atoms. The van der Waals surface area contributed by atoms with E-state index in [2.05, 4.69) is 0 Å². The monoisotopic (exact) mass is 461 g/mol. The van der Waals surface area contributed by atoms with Gasteiger partial charge in [-0.15, -0.1) is 0 Å². The van der Waals surface area contributed by atoms with Crippen molar-refractivity contribution in [2.45, 2.75) is 25.3 Å². The van der Waals surface area contributed by atoms with E-state index in [4.69, 9.17) is 21.3 Å². The molecule has 0 unspecified atom stereocenters. The number of aromatic nitrogens is 3. The number of rotatable bonds is 5. The number of halogens is 1. The number of nitrogens with zero attached hydrogens (tertiary/aromatic N) is 3. The van der Waals surface area contributed by atoms with Crippen LogP contribution in [0.3, 0.4) is 0 Å². The lowest BCUT2D eigenvalue weighted by Crippen LogP contribution is -2.40. The Balaban J connectivity index is 1.87. The number of hydrogen-bond donors (Lipinski definition) is 0. The van der Waals surface area contributed by atoms with Gasteiger partial charge in [-0.1, -0.05) is 41.9 Å². The molecule has 1 aliphatic carbocycles. The molecule has 33 heavy (non-hydrogen) atoms. The molecule has 1 saturated carbocycles. The lowest BCUT2D eigenvalue weighted by molar-refractivity contribution is 0.0602. The SMILES string of the molecule is COC(=O)c1cc(C2CC2)nc2c1c(=O)n(Cc1ccc(Cl)cc1)c(=O)n2-c1ccccc1. The molecule has 166 valence electrons. The highest BCUT2D eigenvalue weighted by Gasteiger charge is 2.30. The van der Waals surface area contributed by atoms with Gasteiger partial charge in [0.15, 0.2) is 5.65 Å². The van der Waals surface area contributed by atoms with E-state index in [0.717, 1.165) is 23.0 Å².